The molecule has 2 amide bonds. The molecule has 2 atom stereocenters. The normalized spacial score (nSPS) is 16.4. The van der Waals surface area contributed by atoms with Gasteiger partial charge in [-0.2, -0.15) is 13.5 Å². The Morgan fingerprint density at radius 3 is 1.11 bits per heavy atom. The van der Waals surface area contributed by atoms with Crippen molar-refractivity contribution >= 4 is 79.4 Å². The summed E-state index contributed by atoms with van der Waals surface area (Å²) in [6.45, 7) is 10.3. The van der Waals surface area contributed by atoms with Gasteiger partial charge in [0.25, 0.3) is 11.8 Å². The molecule has 5 fully saturated rings. The SMILES string of the molecule is C1COCCN1.Cl.O=C(O)c1ccc(COc2nn3c(-c4cc(COC5CCCCO5)on4)nnc3c3ccccc23)nc1.O=C(c1ccc(COc2nn3c(-c4cc(CO)on4)nnc3c3ccccc23)nc1)N1CCOCC1.O=C(c1ccc(COc2nn3c(-c4cc(COC5CCCCO5)on4)nnc3c3ccccc23)nc1)N1CCOCC1.[2HH].[2H][2H].[2H][2H].[2H][2H]. The van der Waals surface area contributed by atoms with Crippen LogP contribution in [0.1, 0.15) is 114 Å². The van der Waals surface area contributed by atoms with E-state index in [0.29, 0.717) is 180 Å². The third kappa shape index (κ3) is 19.4. The second-order valence-electron chi connectivity index (χ2n) is 28.2. The van der Waals surface area contributed by atoms with E-state index < -0.39 is 5.97 Å². The molecule has 0 aliphatic carbocycles. The van der Waals surface area contributed by atoms with Gasteiger partial charge < -0.3 is 86.3 Å². The molecule has 2 unspecified atom stereocenters. The predicted molar refractivity (Wildman–Crippen MR) is 440 cm³/mol. The average Bonchev–Trinajstić information content (AvgIpc) is 1.62. The first kappa shape index (κ1) is 78.7. The molecule has 3 aromatic carbocycles. The Hall–Kier alpha value is -13.1. The Kier molecular flexibility index (Phi) is 25.4. The monoisotopic (exact) mass is 1700 g/mol. The maximum absolute atomic E-state index is 12.7. The molecule has 12 aromatic heterocycles. The van der Waals surface area contributed by atoms with E-state index in [-0.39, 0.29) is 83.4 Å². The standard InChI is InChI=1S/C29H29N7O6.C25H22N6O6.C24H21N7O5.C4H9NO.ClH.4H2/c37-29(35-10-13-38-14-11-35)19-8-9-20(30-16-19)17-41-28-23-6-2-1-5-22(23)26-31-32-27(36(26)33-28)24-15-21(42-34-24)18-40-25-7-3-4-12-39-25;32-25(33)15-8-9-16(26-12-15)13-36-24-19-6-2-1-5-18(19)22-27-28-23(31(22)29-24)20-11-17(37-30-20)14-35-21-7-3-4-10-34-21;32-13-17-11-20(29-36-17)22-27-26-21-18-3-1-2-4-19(18)23(28-31(21)22)35-14-16-6-5-15(12-25-16)24(33)30-7-9-34-10-8-30;1-3-6-4-2-5-1;;;;;/h1-2,5-6,8-9,15-16,25H,3-4,7,10-14,17-18H2;1-2,5-6,8-9,11-12,21H,3-4,7,10,13-14H2,(H,32,33);1-6,11-12,32H,7-10,13-14H2;5H,1-4H2;5*1H/i;;;;;3*1+1D;1+1. The van der Waals surface area contributed by atoms with Crippen LogP contribution < -0.4 is 19.5 Å². The lowest BCUT2D eigenvalue weighted by atomic mass is 10.2. The molecule has 0 saturated carbocycles. The topological polar surface area (TPSA) is 448 Å². The van der Waals surface area contributed by atoms with Crippen LogP contribution in [-0.2, 0) is 72.8 Å². The van der Waals surface area contributed by atoms with Gasteiger partial charge in [0.05, 0.1) is 73.4 Å². The molecule has 638 valence electrons. The summed E-state index contributed by atoms with van der Waals surface area (Å²) in [5, 5.41) is 78.4. The predicted octanol–water partition coefficient (Wildman–Crippen LogP) is 9.95. The first-order valence-electron chi connectivity index (χ1n) is 42.5. The minimum Gasteiger partial charge on any atom is -0.478 e. The van der Waals surface area contributed by atoms with Crippen molar-refractivity contribution in [3.8, 4) is 52.2 Å². The number of benzene rings is 3. The Bertz CT molecular complexity index is 6090. The number of hydrogen-bond donors (Lipinski definition) is 3. The lowest BCUT2D eigenvalue weighted by Crippen LogP contribution is -2.40. The van der Waals surface area contributed by atoms with Gasteiger partial charge in [-0.3, -0.25) is 24.5 Å². The maximum Gasteiger partial charge on any atom is 0.337 e. The number of carboxylic acid groups (broad SMARTS) is 1. The highest BCUT2D eigenvalue weighted by Gasteiger charge is 2.27. The van der Waals surface area contributed by atoms with Crippen LogP contribution >= 0.6 is 12.4 Å². The minimum absolute atomic E-state index is 0. The fourth-order valence-electron chi connectivity index (χ4n) is 13.7. The van der Waals surface area contributed by atoms with Gasteiger partial charge in [0, 0.05) is 132 Å². The Morgan fingerprint density at radius 1 is 0.434 bits per heavy atom. The summed E-state index contributed by atoms with van der Waals surface area (Å²) in [6.07, 6.45) is 9.94. The van der Waals surface area contributed by atoms with E-state index in [4.69, 9.17) is 80.1 Å². The number of nitrogens with one attached hydrogen (secondary N) is 1. The number of halogens is 1. The molecule has 0 bridgehead atoms. The molecule has 5 saturated heterocycles. The number of carbonyl (C=O) groups excluding carboxylic acids is 2. The van der Waals surface area contributed by atoms with Gasteiger partial charge in [0.2, 0.25) is 35.1 Å². The highest BCUT2D eigenvalue weighted by molar-refractivity contribution is 5.99. The number of aromatic carboxylic acids is 1. The van der Waals surface area contributed by atoms with Gasteiger partial charge in [0.15, 0.2) is 63.9 Å². The van der Waals surface area contributed by atoms with Gasteiger partial charge in [-0.15, -0.1) is 58.3 Å². The van der Waals surface area contributed by atoms with Crippen LogP contribution in [0.3, 0.4) is 0 Å². The van der Waals surface area contributed by atoms with E-state index >= 15 is 0 Å². The summed E-state index contributed by atoms with van der Waals surface area (Å²) in [7, 11) is 0. The van der Waals surface area contributed by atoms with E-state index in [0.717, 1.165) is 97.1 Å². The summed E-state index contributed by atoms with van der Waals surface area (Å²) in [6, 6.07) is 38.1. The van der Waals surface area contributed by atoms with E-state index in [2.05, 4.69) is 76.5 Å². The summed E-state index contributed by atoms with van der Waals surface area (Å²) in [5.41, 5.74) is 5.98. The number of morpholine rings is 3. The van der Waals surface area contributed by atoms with Crippen LogP contribution in [0.15, 0.2) is 160 Å². The smallest absolute Gasteiger partial charge is 0.337 e. The highest BCUT2D eigenvalue weighted by Crippen LogP contribution is 2.34. The lowest BCUT2D eigenvalue weighted by molar-refractivity contribution is -0.171. The number of pyridine rings is 3. The van der Waals surface area contributed by atoms with Crippen LogP contribution in [0.2, 0.25) is 0 Å². The maximum atomic E-state index is 12.7. The molecular formula is C82H90ClN21O18. The fraction of sp³-hybridized carbons (Fsp3) is 0.341. The zero-order chi connectivity index (χ0) is 88.2. The number of amides is 2. The second-order valence-corrected chi connectivity index (χ2v) is 28.2. The van der Waals surface area contributed by atoms with Gasteiger partial charge in [-0.1, -0.05) is 70.1 Å². The largest absolute Gasteiger partial charge is 0.478 e. The number of aliphatic hydroxyl groups excluding tert-OH is 1. The number of carboxylic acids is 1. The van der Waals surface area contributed by atoms with Crippen LogP contribution in [-0.4, -0.2) is 232 Å². The van der Waals surface area contributed by atoms with Crippen molar-refractivity contribution in [3.05, 3.63) is 197 Å². The molecule has 15 aromatic rings. The van der Waals surface area contributed by atoms with Crippen molar-refractivity contribution in [1.29, 1.82) is 0 Å². The third-order valence-corrected chi connectivity index (χ3v) is 20.0. The Morgan fingerprint density at radius 2 is 0.795 bits per heavy atom. The minimum atomic E-state index is -1.04. The second kappa shape index (κ2) is 39.4. The number of ether oxygens (including phenoxy) is 10. The van der Waals surface area contributed by atoms with Crippen molar-refractivity contribution in [2.24, 2.45) is 0 Å². The van der Waals surface area contributed by atoms with E-state index in [1.165, 1.54) is 16.8 Å². The van der Waals surface area contributed by atoms with E-state index in [1.54, 1.807) is 79.8 Å². The first-order chi connectivity index (χ1) is 62.6. The van der Waals surface area contributed by atoms with Crippen molar-refractivity contribution in [2.75, 3.05) is 92.1 Å². The number of aromatic nitrogens is 18. The van der Waals surface area contributed by atoms with Gasteiger partial charge in [0.1, 0.15) is 39.6 Å². The first-order valence-corrected chi connectivity index (χ1v) is 39.5. The van der Waals surface area contributed by atoms with Crippen molar-refractivity contribution < 1.29 is 95.9 Å². The molecular weight excluding hydrogens is 1600 g/mol. The number of carbonyl (C=O) groups is 3. The average molecular weight is 1700 g/mol. The molecule has 17 heterocycles. The summed E-state index contributed by atoms with van der Waals surface area (Å²) >= 11 is 0. The van der Waals surface area contributed by atoms with Crippen molar-refractivity contribution in [1.82, 2.24) is 105 Å². The molecule has 20 rings (SSSR count). The van der Waals surface area contributed by atoms with Gasteiger partial charge in [-0.05, 0) is 93.1 Å². The summed E-state index contributed by atoms with van der Waals surface area (Å²) in [5.74, 6) is 2.48. The van der Waals surface area contributed by atoms with Gasteiger partial charge >= 0.3 is 5.97 Å². The molecule has 5 aliphatic heterocycles. The van der Waals surface area contributed by atoms with Crippen molar-refractivity contribution in [3.63, 3.8) is 0 Å². The summed E-state index contributed by atoms with van der Waals surface area (Å²) < 4.78 is 107. The van der Waals surface area contributed by atoms with Gasteiger partial charge in [-0.25, -0.2) is 4.79 Å². The number of nitrogens with zero attached hydrogens (tertiary/aromatic N) is 20. The molecule has 122 heavy (non-hydrogen) atoms. The van der Waals surface area contributed by atoms with Crippen LogP contribution in [0, 0.1) is 0 Å². The van der Waals surface area contributed by atoms with Crippen LogP contribution in [0.25, 0.3) is 83.8 Å². The van der Waals surface area contributed by atoms with E-state index in [9.17, 15) is 19.5 Å². The number of fused-ring (bicyclic) bond motifs is 9. The molecule has 3 N–H and O–H groups in total. The number of hydrogen-bond acceptors (Lipinski definition) is 33. The summed E-state index contributed by atoms with van der Waals surface area (Å²) in [4.78, 5) is 53.0. The Labute approximate surface area is 709 Å². The van der Waals surface area contributed by atoms with E-state index in [1.807, 2.05) is 72.8 Å². The third-order valence-electron chi connectivity index (χ3n) is 20.0. The van der Waals surface area contributed by atoms with Crippen molar-refractivity contribution in [2.45, 2.75) is 90.7 Å². The quantitative estimate of drug-likeness (QED) is 0.0567. The molecule has 0 spiro atoms. The highest BCUT2D eigenvalue weighted by atomic mass is 35.5. The Balaban J connectivity index is 0.000000164. The van der Waals surface area contributed by atoms with Crippen LogP contribution in [0.5, 0.6) is 17.6 Å². The number of aliphatic hydroxyl groups is 1. The molecule has 0 radical (unpaired) electrons. The van der Waals surface area contributed by atoms with Crippen LogP contribution in [0.4, 0.5) is 0 Å². The zero-order valence-corrected chi connectivity index (χ0v) is 66.5. The number of rotatable bonds is 22. The molecule has 5 aliphatic rings. The zero-order valence-electron chi connectivity index (χ0n) is 71.7. The fourth-order valence-corrected chi connectivity index (χ4v) is 13.7. The molecule has 39 nitrogen and oxygen atoms in total. The molecule has 40 heteroatoms. The lowest BCUT2D eigenvalue weighted by Gasteiger charge is -2.26.